The summed E-state index contributed by atoms with van der Waals surface area (Å²) in [6.07, 6.45) is -0.0528. The summed E-state index contributed by atoms with van der Waals surface area (Å²) in [5.74, 6) is -0.906. The average molecular weight is 487 g/mol. The summed E-state index contributed by atoms with van der Waals surface area (Å²) in [4.78, 5) is 22.9. The Hall–Kier alpha value is 0.989. The van der Waals surface area contributed by atoms with Gasteiger partial charge in [-0.2, -0.15) is 0 Å². The fourth-order valence-corrected chi connectivity index (χ4v) is 8.89. The second-order valence-corrected chi connectivity index (χ2v) is 42.0. The van der Waals surface area contributed by atoms with Crippen molar-refractivity contribution < 1.29 is 19.1 Å². The Morgan fingerprint density at radius 2 is 1.75 bits per heavy atom. The van der Waals surface area contributed by atoms with Crippen molar-refractivity contribution in [3.63, 3.8) is 0 Å². The van der Waals surface area contributed by atoms with Crippen LogP contribution in [0.5, 0.6) is 0 Å². The first-order chi connectivity index (χ1) is 7.32. The second kappa shape index (κ2) is 8.15. The molecule has 0 heterocycles. The molecule has 0 saturated heterocycles. The van der Waals surface area contributed by atoms with Crippen molar-refractivity contribution in [3.05, 3.63) is 0 Å². The number of halogens is 3. The van der Waals surface area contributed by atoms with Crippen LogP contribution < -0.4 is 0 Å². The van der Waals surface area contributed by atoms with E-state index >= 15 is 0 Å². The molecule has 16 heavy (non-hydrogen) atoms. The Labute approximate surface area is 114 Å². The van der Waals surface area contributed by atoms with Gasteiger partial charge in [-0.05, 0) is 0 Å². The van der Waals surface area contributed by atoms with Crippen molar-refractivity contribution >= 4 is 59.1 Å². The zero-order valence-electron chi connectivity index (χ0n) is 8.97. The van der Waals surface area contributed by atoms with Gasteiger partial charge in [-0.1, -0.05) is 0 Å². The van der Waals surface area contributed by atoms with Gasteiger partial charge in [0.15, 0.2) is 0 Å². The molecule has 0 radical (unpaired) electrons. The van der Waals surface area contributed by atoms with Crippen LogP contribution in [0.3, 0.4) is 0 Å². The summed E-state index contributed by atoms with van der Waals surface area (Å²) >= 11 is 3.16. The van der Waals surface area contributed by atoms with E-state index in [-0.39, 0.29) is 19.6 Å². The van der Waals surface area contributed by atoms with E-state index < -0.39 is 28.7 Å². The van der Waals surface area contributed by atoms with Crippen LogP contribution in [0.2, 0.25) is 3.93 Å². The number of esters is 2. The summed E-state index contributed by atoms with van der Waals surface area (Å²) in [6, 6.07) is 0. The summed E-state index contributed by atoms with van der Waals surface area (Å²) in [5.41, 5.74) is 0. The molecule has 94 valence electrons. The maximum absolute atomic E-state index is 11.6. The monoisotopic (exact) mass is 486 g/mol. The molecule has 1 unspecified atom stereocenters. The average Bonchev–Trinajstić information content (AvgIpc) is 2.13. The Morgan fingerprint density at radius 1 is 1.25 bits per heavy atom. The molecular weight excluding hydrogens is 474 g/mol. The Kier molecular flexibility index (Phi) is 8.66. The SMILES string of the molecule is CCOC(=O)C[CH](C(=O)OCC)[Sn]([Cl])([Br])[Br]. The molecule has 0 bridgehead atoms. The number of hydrogen-bond donors (Lipinski definition) is 0. The molecule has 4 nitrogen and oxygen atoms in total. The molecule has 0 N–H and O–H groups in total. The number of hydrogen-bond acceptors (Lipinski definition) is 4. The second-order valence-electron chi connectivity index (χ2n) is 2.86. The number of carbonyl (C=O) groups is 2. The van der Waals surface area contributed by atoms with Crippen molar-refractivity contribution in [1.82, 2.24) is 0 Å². The van der Waals surface area contributed by atoms with E-state index in [1.807, 2.05) is 0 Å². The van der Waals surface area contributed by atoms with Crippen LogP contribution in [-0.2, 0) is 19.1 Å². The predicted octanol–water partition coefficient (Wildman–Crippen LogP) is 2.84. The molecule has 0 aliphatic rings. The van der Waals surface area contributed by atoms with Gasteiger partial charge in [0.1, 0.15) is 0 Å². The Balaban J connectivity index is 4.57. The first-order valence-corrected chi connectivity index (χ1v) is 22.8. The van der Waals surface area contributed by atoms with Gasteiger partial charge in [-0.3, -0.25) is 0 Å². The summed E-state index contributed by atoms with van der Waals surface area (Å²) in [7, 11) is 6.11. The molecule has 0 aromatic heterocycles. The van der Waals surface area contributed by atoms with E-state index in [4.69, 9.17) is 18.4 Å². The number of rotatable bonds is 6. The van der Waals surface area contributed by atoms with Crippen LogP contribution in [0.25, 0.3) is 0 Å². The summed E-state index contributed by atoms with van der Waals surface area (Å²) in [5, 5.41) is 0. The molecule has 0 saturated carbocycles. The molecule has 8 heteroatoms. The van der Waals surface area contributed by atoms with Crippen molar-refractivity contribution in [2.45, 2.75) is 24.2 Å². The van der Waals surface area contributed by atoms with Crippen molar-refractivity contribution in [2.24, 2.45) is 0 Å². The fraction of sp³-hybridized carbons (Fsp3) is 0.750. The summed E-state index contributed by atoms with van der Waals surface area (Å²) < 4.78 is 9.01. The third-order valence-electron chi connectivity index (χ3n) is 1.64. The van der Waals surface area contributed by atoms with Crippen LogP contribution >= 0.6 is 34.3 Å². The molecule has 0 aromatic rings. The van der Waals surface area contributed by atoms with E-state index in [0.717, 1.165) is 0 Å². The van der Waals surface area contributed by atoms with Crippen molar-refractivity contribution in [3.8, 4) is 0 Å². The van der Waals surface area contributed by atoms with Gasteiger partial charge in [0.2, 0.25) is 0 Å². The first-order valence-electron chi connectivity index (χ1n) is 4.71. The molecule has 0 aliphatic heterocycles. The molecule has 0 spiro atoms. The van der Waals surface area contributed by atoms with Crippen LogP contribution in [0, 0.1) is 0 Å². The first kappa shape index (κ1) is 17.0. The van der Waals surface area contributed by atoms with Crippen molar-refractivity contribution in [2.75, 3.05) is 13.2 Å². The van der Waals surface area contributed by atoms with Crippen molar-refractivity contribution in [1.29, 1.82) is 0 Å². The zero-order chi connectivity index (χ0) is 12.8. The van der Waals surface area contributed by atoms with Gasteiger partial charge in [0.25, 0.3) is 0 Å². The van der Waals surface area contributed by atoms with Crippen LogP contribution in [0.1, 0.15) is 20.3 Å². The van der Waals surface area contributed by atoms with E-state index in [1.54, 1.807) is 13.8 Å². The van der Waals surface area contributed by atoms with Crippen LogP contribution in [0.15, 0.2) is 0 Å². The fourth-order valence-electron chi connectivity index (χ4n) is 0.962. The molecule has 0 amide bonds. The standard InChI is InChI=1S/C8H13O4.2BrH.ClH.Sn/c1-3-11-7(9)5-6-8(10)12-4-2;;;;/h5H,3-4,6H2,1-2H3;3*1H;/q;;;;+3/p-3. The van der Waals surface area contributed by atoms with Gasteiger partial charge in [0.05, 0.1) is 0 Å². The predicted molar refractivity (Wildman–Crippen MR) is 71.1 cm³/mol. The van der Waals surface area contributed by atoms with E-state index in [0.29, 0.717) is 0 Å². The molecule has 0 aliphatic carbocycles. The molecule has 0 fully saturated rings. The molecule has 0 aromatic carbocycles. The maximum atomic E-state index is 11.6. The third kappa shape index (κ3) is 6.66. The molecule has 1 atom stereocenters. The normalized spacial score (nSPS) is 13.1. The topological polar surface area (TPSA) is 52.6 Å². The van der Waals surface area contributed by atoms with Gasteiger partial charge in [-0.25, -0.2) is 0 Å². The van der Waals surface area contributed by atoms with Gasteiger partial charge >= 0.3 is 116 Å². The third-order valence-corrected chi connectivity index (χ3v) is 14.3. The molecular formula is C8H13Br2ClO4Sn. The van der Waals surface area contributed by atoms with E-state index in [2.05, 4.69) is 25.4 Å². The minimum atomic E-state index is -3.40. The summed E-state index contributed by atoms with van der Waals surface area (Å²) in [6.45, 7) is 3.95. The van der Waals surface area contributed by atoms with Crippen LogP contribution in [0.4, 0.5) is 0 Å². The molecule has 0 rings (SSSR count). The quantitative estimate of drug-likeness (QED) is 0.428. The Morgan fingerprint density at radius 3 is 2.12 bits per heavy atom. The minimum absolute atomic E-state index is 0.0528. The van der Waals surface area contributed by atoms with Gasteiger partial charge in [0, 0.05) is 0 Å². The number of carbonyl (C=O) groups excluding carboxylic acids is 2. The Bertz CT molecular complexity index is 257. The van der Waals surface area contributed by atoms with E-state index in [1.165, 1.54) is 0 Å². The van der Waals surface area contributed by atoms with Gasteiger partial charge in [-0.15, -0.1) is 0 Å². The van der Waals surface area contributed by atoms with E-state index in [9.17, 15) is 9.59 Å². The number of ether oxygens (including phenoxy) is 2. The van der Waals surface area contributed by atoms with Gasteiger partial charge < -0.3 is 0 Å². The zero-order valence-corrected chi connectivity index (χ0v) is 15.7. The van der Waals surface area contributed by atoms with Crippen LogP contribution in [-0.4, -0.2) is 38.0 Å².